The van der Waals surface area contributed by atoms with Gasteiger partial charge in [-0.3, -0.25) is 4.79 Å². The van der Waals surface area contributed by atoms with Crippen LogP contribution in [0.25, 0.3) is 0 Å². The van der Waals surface area contributed by atoms with Gasteiger partial charge in [-0.05, 0) is 68.7 Å². The van der Waals surface area contributed by atoms with Crippen LogP contribution in [-0.4, -0.2) is 44.9 Å². The molecule has 2 aromatic rings. The molecule has 174 valence electrons. The van der Waals surface area contributed by atoms with Crippen molar-refractivity contribution in [2.24, 2.45) is 5.92 Å². The first kappa shape index (κ1) is 24.0. The largest absolute Gasteiger partial charge is 0.493 e. The number of halogens is 1. The third kappa shape index (κ3) is 5.77. The van der Waals surface area contributed by atoms with Crippen LogP contribution in [0.3, 0.4) is 0 Å². The highest BCUT2D eigenvalue weighted by Crippen LogP contribution is 2.29. The van der Waals surface area contributed by atoms with Crippen LogP contribution in [0.2, 0.25) is 0 Å². The van der Waals surface area contributed by atoms with Gasteiger partial charge in [0.25, 0.3) is 0 Å². The van der Waals surface area contributed by atoms with Gasteiger partial charge in [-0.2, -0.15) is 4.31 Å². The number of rotatable bonds is 8. The Labute approximate surface area is 188 Å². The van der Waals surface area contributed by atoms with Gasteiger partial charge in [0.15, 0.2) is 11.5 Å². The first-order valence-corrected chi connectivity index (χ1v) is 12.0. The van der Waals surface area contributed by atoms with Crippen molar-refractivity contribution in [1.82, 2.24) is 9.62 Å². The highest BCUT2D eigenvalue weighted by atomic mass is 32.2. The van der Waals surface area contributed by atoms with E-state index in [-0.39, 0.29) is 23.5 Å². The van der Waals surface area contributed by atoms with Crippen LogP contribution in [0.5, 0.6) is 11.5 Å². The summed E-state index contributed by atoms with van der Waals surface area (Å²) in [4.78, 5) is 12.8. The monoisotopic (exact) mass is 464 g/mol. The highest BCUT2D eigenvalue weighted by molar-refractivity contribution is 7.89. The molecule has 1 heterocycles. The van der Waals surface area contributed by atoms with Crippen LogP contribution < -0.4 is 14.8 Å². The Kier molecular flexibility index (Phi) is 7.73. The van der Waals surface area contributed by atoms with Crippen molar-refractivity contribution in [3.05, 3.63) is 53.8 Å². The number of carbonyl (C=O) groups is 1. The Balaban J connectivity index is 1.62. The molecule has 1 atom stereocenters. The minimum atomic E-state index is -3.78. The van der Waals surface area contributed by atoms with Crippen molar-refractivity contribution in [2.75, 3.05) is 20.2 Å². The van der Waals surface area contributed by atoms with E-state index in [4.69, 9.17) is 9.47 Å². The molecule has 1 aliphatic rings. The Morgan fingerprint density at radius 2 is 1.91 bits per heavy atom. The first-order chi connectivity index (χ1) is 15.2. The number of hydrogen-bond acceptors (Lipinski definition) is 5. The molecule has 0 aliphatic carbocycles. The number of amides is 1. The summed E-state index contributed by atoms with van der Waals surface area (Å²) in [5.74, 6) is 0.0568. The third-order valence-corrected chi connectivity index (χ3v) is 7.14. The van der Waals surface area contributed by atoms with E-state index in [0.717, 1.165) is 17.7 Å². The molecule has 3 rings (SSSR count). The number of hydrogen-bond donors (Lipinski definition) is 1. The summed E-state index contributed by atoms with van der Waals surface area (Å²) in [6, 6.07) is 10.2. The van der Waals surface area contributed by atoms with E-state index >= 15 is 0 Å². The fraction of sp³-hybridized carbons (Fsp3) is 0.435. The van der Waals surface area contributed by atoms with E-state index < -0.39 is 21.8 Å². The topological polar surface area (TPSA) is 84.9 Å². The number of nitrogens with zero attached hydrogens (tertiary/aromatic N) is 1. The standard InChI is InChI=1S/C23H29FN2O5S/c1-16(2)31-21-11-6-17(13-22(21)30-3)14-25-23(27)18-5-4-12-26(15-18)32(28,29)20-9-7-19(24)8-10-20/h6-11,13,16,18H,4-5,12,14-15H2,1-3H3,(H,25,27)/t18-/m0/s1. The maximum absolute atomic E-state index is 13.2. The van der Waals surface area contributed by atoms with E-state index in [2.05, 4.69) is 5.32 Å². The summed E-state index contributed by atoms with van der Waals surface area (Å²) < 4.78 is 51.3. The summed E-state index contributed by atoms with van der Waals surface area (Å²) in [7, 11) is -2.22. The maximum atomic E-state index is 13.2. The van der Waals surface area contributed by atoms with Gasteiger partial charge < -0.3 is 14.8 Å². The maximum Gasteiger partial charge on any atom is 0.243 e. The number of carbonyl (C=O) groups excluding carboxylic acids is 1. The molecule has 9 heteroatoms. The Morgan fingerprint density at radius 1 is 1.19 bits per heavy atom. The molecular weight excluding hydrogens is 435 g/mol. The Bertz CT molecular complexity index is 1040. The van der Waals surface area contributed by atoms with Crippen molar-refractivity contribution in [2.45, 2.75) is 44.2 Å². The zero-order valence-corrected chi connectivity index (χ0v) is 19.3. The molecule has 32 heavy (non-hydrogen) atoms. The van der Waals surface area contributed by atoms with Crippen molar-refractivity contribution < 1.29 is 27.1 Å². The lowest BCUT2D eigenvalue weighted by Gasteiger charge is -2.31. The second kappa shape index (κ2) is 10.3. The smallest absolute Gasteiger partial charge is 0.243 e. The first-order valence-electron chi connectivity index (χ1n) is 10.6. The molecule has 1 N–H and O–H groups in total. The van der Waals surface area contributed by atoms with E-state index in [1.807, 2.05) is 26.0 Å². The molecule has 1 saturated heterocycles. The van der Waals surface area contributed by atoms with Gasteiger partial charge in [0, 0.05) is 19.6 Å². The van der Waals surface area contributed by atoms with Crippen LogP contribution >= 0.6 is 0 Å². The summed E-state index contributed by atoms with van der Waals surface area (Å²) in [6.45, 7) is 4.57. The Morgan fingerprint density at radius 3 is 2.56 bits per heavy atom. The SMILES string of the molecule is COc1cc(CNC(=O)[C@H]2CCCN(S(=O)(=O)c3ccc(F)cc3)C2)ccc1OC(C)C. The summed E-state index contributed by atoms with van der Waals surface area (Å²) >= 11 is 0. The number of benzene rings is 2. The lowest BCUT2D eigenvalue weighted by molar-refractivity contribution is -0.126. The number of ether oxygens (including phenoxy) is 2. The van der Waals surface area contributed by atoms with Gasteiger partial charge >= 0.3 is 0 Å². The van der Waals surface area contributed by atoms with Crippen LogP contribution in [0.15, 0.2) is 47.4 Å². The van der Waals surface area contributed by atoms with Crippen molar-refractivity contribution >= 4 is 15.9 Å². The third-order valence-electron chi connectivity index (χ3n) is 5.26. The van der Waals surface area contributed by atoms with Crippen LogP contribution in [0, 0.1) is 11.7 Å². The number of nitrogens with one attached hydrogen (secondary N) is 1. The summed E-state index contributed by atoms with van der Waals surface area (Å²) in [5.41, 5.74) is 0.845. The molecule has 2 aromatic carbocycles. The fourth-order valence-electron chi connectivity index (χ4n) is 3.64. The lowest BCUT2D eigenvalue weighted by atomic mass is 9.98. The number of methoxy groups -OCH3 is 1. The van der Waals surface area contributed by atoms with E-state index in [0.29, 0.717) is 37.4 Å². The minimum Gasteiger partial charge on any atom is -0.493 e. The molecule has 0 bridgehead atoms. The zero-order valence-electron chi connectivity index (χ0n) is 18.5. The number of sulfonamides is 1. The molecule has 7 nitrogen and oxygen atoms in total. The molecule has 0 unspecified atom stereocenters. The average molecular weight is 465 g/mol. The fourth-order valence-corrected chi connectivity index (χ4v) is 5.16. The second-order valence-corrected chi connectivity index (χ2v) is 9.96. The normalized spacial score (nSPS) is 17.2. The van der Waals surface area contributed by atoms with Crippen molar-refractivity contribution in [3.8, 4) is 11.5 Å². The van der Waals surface area contributed by atoms with Gasteiger partial charge in [-0.25, -0.2) is 12.8 Å². The van der Waals surface area contributed by atoms with E-state index in [1.54, 1.807) is 13.2 Å². The van der Waals surface area contributed by atoms with Gasteiger partial charge in [-0.1, -0.05) is 6.07 Å². The molecule has 1 aliphatic heterocycles. The average Bonchev–Trinajstić information content (AvgIpc) is 2.78. The highest BCUT2D eigenvalue weighted by Gasteiger charge is 2.33. The van der Waals surface area contributed by atoms with Crippen molar-refractivity contribution in [3.63, 3.8) is 0 Å². The van der Waals surface area contributed by atoms with Gasteiger partial charge in [0.2, 0.25) is 15.9 Å². The summed E-state index contributed by atoms with van der Waals surface area (Å²) in [6.07, 6.45) is 1.19. The molecule has 0 spiro atoms. The minimum absolute atomic E-state index is 0.00916. The lowest BCUT2D eigenvalue weighted by Crippen LogP contribution is -2.45. The van der Waals surface area contributed by atoms with Gasteiger partial charge in [-0.15, -0.1) is 0 Å². The molecule has 1 fully saturated rings. The summed E-state index contributed by atoms with van der Waals surface area (Å²) in [5, 5.41) is 2.89. The predicted octanol–water partition coefficient (Wildman–Crippen LogP) is 3.34. The van der Waals surface area contributed by atoms with Gasteiger partial charge in [0.05, 0.1) is 24.0 Å². The molecule has 1 amide bonds. The molecule has 0 radical (unpaired) electrons. The molecule has 0 saturated carbocycles. The van der Waals surface area contributed by atoms with Gasteiger partial charge in [0.1, 0.15) is 5.82 Å². The van der Waals surface area contributed by atoms with Crippen LogP contribution in [0.1, 0.15) is 32.3 Å². The zero-order chi connectivity index (χ0) is 23.3. The second-order valence-electron chi connectivity index (χ2n) is 8.03. The van der Waals surface area contributed by atoms with Crippen molar-refractivity contribution in [1.29, 1.82) is 0 Å². The Hall–Kier alpha value is -2.65. The van der Waals surface area contributed by atoms with E-state index in [9.17, 15) is 17.6 Å². The van der Waals surface area contributed by atoms with E-state index in [1.165, 1.54) is 16.4 Å². The molecular formula is C23H29FN2O5S. The molecule has 0 aromatic heterocycles. The number of piperidine rings is 1. The predicted molar refractivity (Wildman–Crippen MR) is 118 cm³/mol. The van der Waals surface area contributed by atoms with Crippen LogP contribution in [-0.2, 0) is 21.4 Å². The quantitative estimate of drug-likeness (QED) is 0.648. The van der Waals surface area contributed by atoms with Crippen LogP contribution in [0.4, 0.5) is 4.39 Å².